The van der Waals surface area contributed by atoms with Gasteiger partial charge < -0.3 is 25.0 Å². The number of rotatable bonds is 14. The van der Waals surface area contributed by atoms with E-state index in [1.807, 2.05) is 18.2 Å². The van der Waals surface area contributed by atoms with Gasteiger partial charge in [0.2, 0.25) is 0 Å². The van der Waals surface area contributed by atoms with Crippen molar-refractivity contribution in [2.45, 2.75) is 33.1 Å². The molecular weight excluding hydrogens is 388 g/mol. The Bertz CT molecular complexity index is 752. The highest BCUT2D eigenvalue weighted by molar-refractivity contribution is 5.79. The van der Waals surface area contributed by atoms with Crippen molar-refractivity contribution in [1.29, 1.82) is 0 Å². The van der Waals surface area contributed by atoms with Crippen molar-refractivity contribution in [2.75, 3.05) is 46.9 Å². The number of methoxy groups -OCH3 is 1. The number of ether oxygens (including phenoxy) is 2. The summed E-state index contributed by atoms with van der Waals surface area (Å²) in [6.45, 7) is 8.35. The largest absolute Gasteiger partial charge is 0.385 e. The molecule has 2 N–H and O–H groups in total. The standard InChI is InChI=1S/C25H38N4O2/c1-4-26-25(27-15-17-29(2)16-10-18-30-3)28-19-23-13-8-9-14-24(23)21-31-20-22-11-6-5-7-12-22/h5-9,11-14H,4,10,15-21H2,1-3H3,(H2,26,27,28). The van der Waals surface area contributed by atoms with Crippen LogP contribution in [0.25, 0.3) is 0 Å². The molecule has 0 saturated carbocycles. The molecule has 0 bridgehead atoms. The molecule has 0 amide bonds. The third kappa shape index (κ3) is 10.4. The molecule has 6 nitrogen and oxygen atoms in total. The fraction of sp³-hybridized carbons (Fsp3) is 0.480. The van der Waals surface area contributed by atoms with Crippen molar-refractivity contribution < 1.29 is 9.47 Å². The maximum Gasteiger partial charge on any atom is 0.191 e. The highest BCUT2D eigenvalue weighted by Crippen LogP contribution is 2.13. The summed E-state index contributed by atoms with van der Waals surface area (Å²) in [5.41, 5.74) is 3.55. The number of likely N-dealkylation sites (N-methyl/N-ethyl adjacent to an activating group) is 1. The summed E-state index contributed by atoms with van der Waals surface area (Å²) in [5, 5.41) is 6.76. The lowest BCUT2D eigenvalue weighted by molar-refractivity contribution is 0.106. The van der Waals surface area contributed by atoms with E-state index in [1.54, 1.807) is 7.11 Å². The van der Waals surface area contributed by atoms with Gasteiger partial charge in [-0.3, -0.25) is 0 Å². The van der Waals surface area contributed by atoms with E-state index in [0.717, 1.165) is 45.2 Å². The molecule has 0 aliphatic rings. The van der Waals surface area contributed by atoms with Crippen LogP contribution in [-0.2, 0) is 29.2 Å². The third-order valence-electron chi connectivity index (χ3n) is 4.91. The number of hydrogen-bond acceptors (Lipinski definition) is 4. The van der Waals surface area contributed by atoms with Crippen molar-refractivity contribution in [3.8, 4) is 0 Å². The molecule has 0 heterocycles. The third-order valence-corrected chi connectivity index (χ3v) is 4.91. The summed E-state index contributed by atoms with van der Waals surface area (Å²) in [4.78, 5) is 7.08. The zero-order chi connectivity index (χ0) is 22.2. The van der Waals surface area contributed by atoms with Crippen LogP contribution in [0.2, 0.25) is 0 Å². The van der Waals surface area contributed by atoms with E-state index in [1.165, 1.54) is 16.7 Å². The lowest BCUT2D eigenvalue weighted by atomic mass is 10.1. The van der Waals surface area contributed by atoms with Crippen LogP contribution in [-0.4, -0.2) is 57.8 Å². The molecule has 0 aliphatic carbocycles. The molecule has 0 saturated heterocycles. The normalized spacial score (nSPS) is 11.7. The minimum absolute atomic E-state index is 0.580. The lowest BCUT2D eigenvalue weighted by Gasteiger charge is -2.18. The average Bonchev–Trinajstić information content (AvgIpc) is 2.79. The van der Waals surface area contributed by atoms with E-state index in [2.05, 4.69) is 65.9 Å². The Kier molecular flexibility index (Phi) is 12.3. The molecule has 2 aromatic carbocycles. The van der Waals surface area contributed by atoms with E-state index in [4.69, 9.17) is 14.5 Å². The van der Waals surface area contributed by atoms with Gasteiger partial charge in [-0.1, -0.05) is 54.6 Å². The molecule has 0 aromatic heterocycles. The van der Waals surface area contributed by atoms with Crippen LogP contribution in [0.1, 0.15) is 30.0 Å². The second kappa shape index (κ2) is 15.4. The first-order chi connectivity index (χ1) is 15.2. The summed E-state index contributed by atoms with van der Waals surface area (Å²) in [7, 11) is 3.88. The molecule has 170 valence electrons. The Balaban J connectivity index is 1.84. The SMILES string of the molecule is CCNC(=NCc1ccccc1COCc1ccccc1)NCCN(C)CCCOC. The van der Waals surface area contributed by atoms with E-state index in [-0.39, 0.29) is 0 Å². The Labute approximate surface area is 187 Å². The second-order valence-electron chi connectivity index (χ2n) is 7.52. The van der Waals surface area contributed by atoms with Gasteiger partial charge in [0, 0.05) is 39.9 Å². The van der Waals surface area contributed by atoms with Crippen molar-refractivity contribution in [3.63, 3.8) is 0 Å². The number of benzene rings is 2. The van der Waals surface area contributed by atoms with Crippen LogP contribution in [0.15, 0.2) is 59.6 Å². The molecule has 0 fully saturated rings. The predicted octanol–water partition coefficient (Wildman–Crippen LogP) is 3.43. The number of aliphatic imine (C=N–C) groups is 1. The van der Waals surface area contributed by atoms with Crippen molar-refractivity contribution in [3.05, 3.63) is 71.3 Å². The Morgan fingerprint density at radius 2 is 1.68 bits per heavy atom. The van der Waals surface area contributed by atoms with Gasteiger partial charge in [-0.15, -0.1) is 0 Å². The molecule has 2 aromatic rings. The van der Waals surface area contributed by atoms with Gasteiger partial charge in [-0.2, -0.15) is 0 Å². The van der Waals surface area contributed by atoms with Gasteiger partial charge in [0.1, 0.15) is 0 Å². The van der Waals surface area contributed by atoms with E-state index in [9.17, 15) is 0 Å². The smallest absolute Gasteiger partial charge is 0.191 e. The maximum atomic E-state index is 5.94. The minimum atomic E-state index is 0.580. The van der Waals surface area contributed by atoms with Crippen LogP contribution in [0.3, 0.4) is 0 Å². The summed E-state index contributed by atoms with van der Waals surface area (Å²) >= 11 is 0. The molecule has 0 atom stereocenters. The molecule has 0 spiro atoms. The summed E-state index contributed by atoms with van der Waals surface area (Å²) in [5.74, 6) is 0.841. The molecular formula is C25H38N4O2. The first-order valence-electron chi connectivity index (χ1n) is 11.1. The summed E-state index contributed by atoms with van der Waals surface area (Å²) in [6.07, 6.45) is 1.05. The molecule has 2 rings (SSSR count). The highest BCUT2D eigenvalue weighted by Gasteiger charge is 2.04. The number of guanidine groups is 1. The number of hydrogen-bond donors (Lipinski definition) is 2. The van der Waals surface area contributed by atoms with E-state index >= 15 is 0 Å². The fourth-order valence-electron chi connectivity index (χ4n) is 3.17. The molecule has 31 heavy (non-hydrogen) atoms. The summed E-state index contributed by atoms with van der Waals surface area (Å²) < 4.78 is 11.1. The van der Waals surface area contributed by atoms with Crippen LogP contribution >= 0.6 is 0 Å². The van der Waals surface area contributed by atoms with Gasteiger partial charge in [0.15, 0.2) is 5.96 Å². The van der Waals surface area contributed by atoms with Gasteiger partial charge in [-0.05, 0) is 37.1 Å². The van der Waals surface area contributed by atoms with Crippen LogP contribution < -0.4 is 10.6 Å². The van der Waals surface area contributed by atoms with Gasteiger partial charge in [-0.25, -0.2) is 4.99 Å². The first-order valence-corrected chi connectivity index (χ1v) is 11.1. The number of nitrogens with one attached hydrogen (secondary N) is 2. The Morgan fingerprint density at radius 3 is 2.42 bits per heavy atom. The maximum absolute atomic E-state index is 5.94. The van der Waals surface area contributed by atoms with Gasteiger partial charge in [0.25, 0.3) is 0 Å². The fourth-order valence-corrected chi connectivity index (χ4v) is 3.17. The van der Waals surface area contributed by atoms with Gasteiger partial charge in [0.05, 0.1) is 19.8 Å². The zero-order valence-electron chi connectivity index (χ0n) is 19.3. The monoisotopic (exact) mass is 426 g/mol. The topological polar surface area (TPSA) is 58.1 Å². The van der Waals surface area contributed by atoms with Crippen molar-refractivity contribution >= 4 is 5.96 Å². The quantitative estimate of drug-likeness (QED) is 0.275. The average molecular weight is 427 g/mol. The molecule has 0 radical (unpaired) electrons. The first kappa shape index (κ1) is 24.9. The Morgan fingerprint density at radius 1 is 0.935 bits per heavy atom. The lowest BCUT2D eigenvalue weighted by Crippen LogP contribution is -2.41. The predicted molar refractivity (Wildman–Crippen MR) is 128 cm³/mol. The van der Waals surface area contributed by atoms with Gasteiger partial charge >= 0.3 is 0 Å². The molecule has 6 heteroatoms. The summed E-state index contributed by atoms with van der Waals surface area (Å²) in [6, 6.07) is 18.6. The molecule has 0 aliphatic heterocycles. The zero-order valence-corrected chi connectivity index (χ0v) is 19.3. The second-order valence-corrected chi connectivity index (χ2v) is 7.52. The number of nitrogens with zero attached hydrogens (tertiary/aromatic N) is 2. The van der Waals surface area contributed by atoms with Crippen molar-refractivity contribution in [1.82, 2.24) is 15.5 Å². The van der Waals surface area contributed by atoms with Crippen LogP contribution in [0.5, 0.6) is 0 Å². The van der Waals surface area contributed by atoms with Crippen LogP contribution in [0.4, 0.5) is 0 Å². The highest BCUT2D eigenvalue weighted by atomic mass is 16.5. The Hall–Kier alpha value is -2.41. The van der Waals surface area contributed by atoms with Crippen LogP contribution in [0, 0.1) is 0 Å². The minimum Gasteiger partial charge on any atom is -0.385 e. The molecule has 0 unspecified atom stereocenters. The van der Waals surface area contributed by atoms with Crippen molar-refractivity contribution in [2.24, 2.45) is 4.99 Å². The van der Waals surface area contributed by atoms with E-state index < -0.39 is 0 Å². The van der Waals surface area contributed by atoms with E-state index in [0.29, 0.717) is 19.8 Å².